The van der Waals surface area contributed by atoms with Crippen molar-refractivity contribution in [1.82, 2.24) is 0 Å². The molecule has 7 aromatic rings. The van der Waals surface area contributed by atoms with Gasteiger partial charge in [-0.25, -0.2) is 0 Å². The van der Waals surface area contributed by atoms with Crippen LogP contribution in [-0.2, 0) is 5.41 Å². The quantitative estimate of drug-likeness (QED) is 0.186. The standard InChI is InChI=1S/C43H26BNO3/c1-3-13-27(14-4-1)43(28-15-5-2-6-16-28)30-17-7-9-19-32(30)45(33-20-10-8-18-31(33)43)29-25-38-42-39(26-29)48-37-24-12-22-35-41(37)44(42)40-34(46-35)21-11-23-36(40)47-38/h1-26H. The molecule has 0 spiro atoms. The predicted molar refractivity (Wildman–Crippen MR) is 191 cm³/mol. The number of hydrogen-bond donors (Lipinski definition) is 0. The molecule has 0 unspecified atom stereocenters. The van der Waals surface area contributed by atoms with Gasteiger partial charge in [0.15, 0.2) is 0 Å². The Kier molecular flexibility index (Phi) is 5.09. The molecule has 7 aromatic carbocycles. The Morgan fingerprint density at radius 1 is 0.396 bits per heavy atom. The van der Waals surface area contributed by atoms with Crippen LogP contribution in [0.25, 0.3) is 0 Å². The summed E-state index contributed by atoms with van der Waals surface area (Å²) in [7, 11) is 0. The molecule has 224 valence electrons. The summed E-state index contributed by atoms with van der Waals surface area (Å²) in [6, 6.07) is 55.9. The minimum Gasteiger partial charge on any atom is -0.458 e. The van der Waals surface area contributed by atoms with E-state index < -0.39 is 5.41 Å². The largest absolute Gasteiger partial charge is 0.458 e. The van der Waals surface area contributed by atoms with Gasteiger partial charge in [0.25, 0.3) is 6.71 Å². The number of rotatable bonds is 3. The third kappa shape index (κ3) is 3.25. The van der Waals surface area contributed by atoms with Crippen molar-refractivity contribution in [3.05, 3.63) is 180 Å². The van der Waals surface area contributed by atoms with Crippen LogP contribution in [0.3, 0.4) is 0 Å². The Bertz CT molecular complexity index is 2290. The molecule has 0 fully saturated rings. The second-order valence-corrected chi connectivity index (χ2v) is 12.8. The molecule has 0 N–H and O–H groups in total. The van der Waals surface area contributed by atoms with Crippen LogP contribution in [0.1, 0.15) is 22.3 Å². The first-order chi connectivity index (χ1) is 23.8. The van der Waals surface area contributed by atoms with Crippen molar-refractivity contribution in [3.63, 3.8) is 0 Å². The maximum absolute atomic E-state index is 6.75. The topological polar surface area (TPSA) is 30.9 Å². The smallest absolute Gasteiger partial charge is 0.270 e. The lowest BCUT2D eigenvalue weighted by Gasteiger charge is -2.46. The second-order valence-electron chi connectivity index (χ2n) is 12.8. The molecule has 4 nitrogen and oxygen atoms in total. The summed E-state index contributed by atoms with van der Waals surface area (Å²) in [4.78, 5) is 2.38. The van der Waals surface area contributed by atoms with Gasteiger partial charge in [-0.15, -0.1) is 0 Å². The van der Waals surface area contributed by atoms with E-state index in [9.17, 15) is 0 Å². The van der Waals surface area contributed by atoms with Gasteiger partial charge in [-0.05, 0) is 58.7 Å². The van der Waals surface area contributed by atoms with Crippen LogP contribution in [0, 0.1) is 0 Å². The maximum Gasteiger partial charge on any atom is 0.270 e. The average Bonchev–Trinajstić information content (AvgIpc) is 3.14. The molecule has 0 atom stereocenters. The normalized spacial score (nSPS) is 14.8. The van der Waals surface area contributed by atoms with E-state index in [1.54, 1.807) is 0 Å². The van der Waals surface area contributed by atoms with Crippen molar-refractivity contribution in [2.24, 2.45) is 0 Å². The Hall–Kier alpha value is -6.20. The van der Waals surface area contributed by atoms with E-state index in [4.69, 9.17) is 14.2 Å². The Balaban J connectivity index is 1.19. The molecule has 0 saturated heterocycles. The summed E-state index contributed by atoms with van der Waals surface area (Å²) in [5.74, 6) is 4.92. The van der Waals surface area contributed by atoms with Crippen molar-refractivity contribution in [3.8, 4) is 34.5 Å². The second kappa shape index (κ2) is 9.43. The van der Waals surface area contributed by atoms with Crippen LogP contribution in [-0.4, -0.2) is 6.71 Å². The zero-order chi connectivity index (χ0) is 31.4. The Labute approximate surface area is 278 Å². The van der Waals surface area contributed by atoms with Gasteiger partial charge in [-0.3, -0.25) is 0 Å². The average molecular weight is 615 g/mol. The number of hydrogen-bond acceptors (Lipinski definition) is 4. The summed E-state index contributed by atoms with van der Waals surface area (Å²) >= 11 is 0. The summed E-state index contributed by atoms with van der Waals surface area (Å²) in [6.07, 6.45) is 0. The Morgan fingerprint density at radius 3 is 1.27 bits per heavy atom. The van der Waals surface area contributed by atoms with Crippen molar-refractivity contribution < 1.29 is 14.2 Å². The molecule has 0 bridgehead atoms. The molecule has 4 heterocycles. The number of para-hydroxylation sites is 2. The van der Waals surface area contributed by atoms with E-state index >= 15 is 0 Å². The van der Waals surface area contributed by atoms with Crippen molar-refractivity contribution in [2.75, 3.05) is 4.90 Å². The van der Waals surface area contributed by atoms with Crippen molar-refractivity contribution in [1.29, 1.82) is 0 Å². The lowest BCUT2D eigenvalue weighted by Crippen LogP contribution is -2.59. The van der Waals surface area contributed by atoms with E-state index in [2.05, 4.69) is 126 Å². The number of benzene rings is 7. The van der Waals surface area contributed by atoms with Gasteiger partial charge in [0.05, 0.1) is 22.5 Å². The van der Waals surface area contributed by atoms with Crippen molar-refractivity contribution >= 4 is 40.2 Å². The molecule has 4 aliphatic heterocycles. The van der Waals surface area contributed by atoms with E-state index in [0.29, 0.717) is 0 Å². The van der Waals surface area contributed by atoms with Gasteiger partial charge in [-0.2, -0.15) is 0 Å². The highest BCUT2D eigenvalue weighted by Gasteiger charge is 2.49. The van der Waals surface area contributed by atoms with E-state index in [1.807, 2.05) is 36.4 Å². The molecule has 0 saturated carbocycles. The third-order valence-corrected chi connectivity index (χ3v) is 10.4. The number of nitrogens with zero attached hydrogens (tertiary/aromatic N) is 1. The molecule has 0 radical (unpaired) electrons. The van der Waals surface area contributed by atoms with Crippen LogP contribution in [0.4, 0.5) is 17.1 Å². The van der Waals surface area contributed by atoms with E-state index in [0.717, 1.165) is 67.9 Å². The monoisotopic (exact) mass is 615 g/mol. The molecule has 48 heavy (non-hydrogen) atoms. The molecule has 5 heteroatoms. The highest BCUT2D eigenvalue weighted by atomic mass is 16.5. The highest BCUT2D eigenvalue weighted by molar-refractivity contribution is 6.99. The zero-order valence-electron chi connectivity index (χ0n) is 25.8. The van der Waals surface area contributed by atoms with Crippen LogP contribution >= 0.6 is 0 Å². The molecule has 0 aromatic heterocycles. The lowest BCUT2D eigenvalue weighted by molar-refractivity contribution is 0.443. The molecular weight excluding hydrogens is 589 g/mol. The minimum atomic E-state index is -0.533. The van der Waals surface area contributed by atoms with Gasteiger partial charge >= 0.3 is 0 Å². The zero-order valence-corrected chi connectivity index (χ0v) is 25.8. The minimum absolute atomic E-state index is 0.0255. The fraction of sp³-hybridized carbons (Fsp3) is 0.0233. The summed E-state index contributed by atoms with van der Waals surface area (Å²) in [5.41, 5.74) is 10.7. The highest BCUT2D eigenvalue weighted by Crippen LogP contribution is 2.58. The van der Waals surface area contributed by atoms with E-state index in [-0.39, 0.29) is 6.71 Å². The number of fused-ring (bicyclic) bond motifs is 2. The fourth-order valence-corrected chi connectivity index (χ4v) is 8.62. The number of anilines is 3. The summed E-state index contributed by atoms with van der Waals surface area (Å²) in [6.45, 7) is -0.0255. The Morgan fingerprint density at radius 2 is 0.792 bits per heavy atom. The molecule has 4 aliphatic rings. The van der Waals surface area contributed by atoms with Crippen LogP contribution in [0.15, 0.2) is 158 Å². The summed E-state index contributed by atoms with van der Waals surface area (Å²) < 4.78 is 19.9. The fourth-order valence-electron chi connectivity index (χ4n) is 8.62. The van der Waals surface area contributed by atoms with Gasteiger partial charge in [0.1, 0.15) is 34.5 Å². The lowest BCUT2D eigenvalue weighted by atomic mass is 9.34. The number of ether oxygens (including phenoxy) is 3. The van der Waals surface area contributed by atoms with Crippen LogP contribution < -0.4 is 35.5 Å². The third-order valence-electron chi connectivity index (χ3n) is 10.4. The predicted octanol–water partition coefficient (Wildman–Crippen LogP) is 8.69. The van der Waals surface area contributed by atoms with Gasteiger partial charge < -0.3 is 19.1 Å². The van der Waals surface area contributed by atoms with Crippen LogP contribution in [0.5, 0.6) is 34.5 Å². The van der Waals surface area contributed by atoms with Gasteiger partial charge in [0, 0.05) is 28.5 Å². The van der Waals surface area contributed by atoms with E-state index in [1.165, 1.54) is 22.3 Å². The maximum atomic E-state index is 6.75. The SMILES string of the molecule is c1ccc(C2(c3ccccc3)c3ccccc3N(c3cc4c5c(c3)Oc3cccc6c3B5c3c(cccc3O4)O6)c3ccccc32)cc1. The van der Waals surface area contributed by atoms with Gasteiger partial charge in [-0.1, -0.05) is 109 Å². The molecular formula is C43H26BNO3. The van der Waals surface area contributed by atoms with Crippen molar-refractivity contribution in [2.45, 2.75) is 5.41 Å². The molecule has 11 rings (SSSR count). The first-order valence-electron chi connectivity index (χ1n) is 16.4. The first kappa shape index (κ1) is 25.9. The first-order valence-corrected chi connectivity index (χ1v) is 16.4. The molecule has 0 amide bonds. The van der Waals surface area contributed by atoms with Gasteiger partial charge in [0.2, 0.25) is 0 Å². The molecule has 0 aliphatic carbocycles. The summed E-state index contributed by atoms with van der Waals surface area (Å²) in [5, 5.41) is 0. The van der Waals surface area contributed by atoms with Crippen LogP contribution in [0.2, 0.25) is 0 Å².